The molecule has 0 radical (unpaired) electrons. The van der Waals surface area contributed by atoms with Gasteiger partial charge in [0.05, 0.1) is 0 Å². The van der Waals surface area contributed by atoms with Crippen LogP contribution in [-0.4, -0.2) is 34.3 Å². The molecule has 216 valence electrons. The van der Waals surface area contributed by atoms with Crippen molar-refractivity contribution in [3.63, 3.8) is 0 Å². The second kappa shape index (κ2) is 12.5. The summed E-state index contributed by atoms with van der Waals surface area (Å²) in [7, 11) is 0. The Hall–Kier alpha value is -3.63. The number of hydrogen-bond acceptors (Lipinski definition) is 6. The van der Waals surface area contributed by atoms with Crippen LogP contribution in [0.25, 0.3) is 10.9 Å². The number of halogens is 3. The lowest BCUT2D eigenvalue weighted by molar-refractivity contribution is -0.150. The Kier molecular flexibility index (Phi) is 9.24. The number of H-pyrrole nitrogens is 1. The average molecular weight is 621 g/mol. The van der Waals surface area contributed by atoms with Gasteiger partial charge < -0.3 is 35.8 Å². The van der Waals surface area contributed by atoms with E-state index in [4.69, 9.17) is 65.6 Å². The predicted octanol–water partition coefficient (Wildman–Crippen LogP) is 5.94. The number of carboxylic acids is 1. The van der Waals surface area contributed by atoms with Crippen LogP contribution in [0.15, 0.2) is 54.6 Å². The van der Waals surface area contributed by atoms with E-state index in [-0.39, 0.29) is 6.79 Å². The Labute approximate surface area is 251 Å². The average Bonchev–Trinajstić information content (AvgIpc) is 3.53. The lowest BCUT2D eigenvalue weighted by atomic mass is 9.87. The first-order valence-corrected chi connectivity index (χ1v) is 13.6. The minimum Gasteiger partial charge on any atom is -0.489 e. The third-order valence-corrected chi connectivity index (χ3v) is 7.75. The molecule has 1 aliphatic heterocycles. The summed E-state index contributed by atoms with van der Waals surface area (Å²) < 4.78 is 16.8. The van der Waals surface area contributed by atoms with Gasteiger partial charge in [0.25, 0.3) is 0 Å². The minimum atomic E-state index is -1.94. The fourth-order valence-electron chi connectivity index (χ4n) is 4.12. The molecule has 0 saturated heterocycles. The summed E-state index contributed by atoms with van der Waals surface area (Å²) in [5, 5.41) is 11.4. The van der Waals surface area contributed by atoms with Crippen molar-refractivity contribution in [2.45, 2.75) is 32.4 Å². The van der Waals surface area contributed by atoms with Crippen LogP contribution in [0.4, 0.5) is 0 Å². The molecule has 1 aliphatic rings. The van der Waals surface area contributed by atoms with Crippen LogP contribution in [0.5, 0.6) is 17.2 Å². The van der Waals surface area contributed by atoms with Crippen molar-refractivity contribution in [1.29, 1.82) is 0 Å². The smallest absolute Gasteiger partial charge is 0.333 e. The molecule has 0 fully saturated rings. The van der Waals surface area contributed by atoms with Crippen LogP contribution in [0, 0.1) is 5.92 Å². The summed E-state index contributed by atoms with van der Waals surface area (Å²) in [5.74, 6) is -0.775. The van der Waals surface area contributed by atoms with E-state index < -0.39 is 23.3 Å². The first kappa shape index (κ1) is 30.3. The molecule has 3 aromatic carbocycles. The van der Waals surface area contributed by atoms with Crippen molar-refractivity contribution in [2.75, 3.05) is 6.79 Å². The monoisotopic (exact) mass is 619 g/mol. The molecule has 0 saturated carbocycles. The standard InChI is InChI=1S/C23H16Cl3NO3.C6H12N2O3/c24-18-2-1-3-19(25)17(18)11-28-16-4-5-21-14(8-16)7-15(27-21)6-13-9-22-23(10-20(13)26)30-12-29-22;1-3(2)6(8,4(7)9)5(10)11/h1-5,7-10,27H,6,11-12H2;3H,8H2,1-2H3,(H2,7,9)(H,10,11)/t;6-/m.0/s1. The van der Waals surface area contributed by atoms with E-state index in [9.17, 15) is 9.59 Å². The van der Waals surface area contributed by atoms with E-state index in [1.54, 1.807) is 18.2 Å². The molecule has 0 spiro atoms. The number of amides is 1. The molecule has 9 nitrogen and oxygen atoms in total. The molecule has 4 aromatic rings. The summed E-state index contributed by atoms with van der Waals surface area (Å²) in [6, 6.07) is 17.1. The summed E-state index contributed by atoms with van der Waals surface area (Å²) in [6.07, 6.45) is 0.648. The molecule has 5 rings (SSSR count). The Morgan fingerprint density at radius 1 is 1.02 bits per heavy atom. The maximum atomic E-state index is 10.6. The number of aromatic nitrogens is 1. The zero-order valence-electron chi connectivity index (χ0n) is 22.2. The van der Waals surface area contributed by atoms with Crippen LogP contribution in [0.3, 0.4) is 0 Å². The molecule has 41 heavy (non-hydrogen) atoms. The summed E-state index contributed by atoms with van der Waals surface area (Å²) >= 11 is 18.9. The molecule has 12 heteroatoms. The van der Waals surface area contributed by atoms with Gasteiger partial charge in [-0.2, -0.15) is 0 Å². The van der Waals surface area contributed by atoms with Gasteiger partial charge in [0.15, 0.2) is 17.0 Å². The van der Waals surface area contributed by atoms with Gasteiger partial charge in [-0.05, 0) is 53.9 Å². The van der Waals surface area contributed by atoms with Crippen molar-refractivity contribution in [3.05, 3.63) is 86.5 Å². The quantitative estimate of drug-likeness (QED) is 0.178. The molecular formula is C29H28Cl3N3O6. The topological polar surface area (TPSA) is 150 Å². The number of carbonyl (C=O) groups excluding carboxylic acids is 1. The SMILES string of the molecule is CC(C)[C@](N)(C(N)=O)C(=O)O.Clc1cc2c(cc1Cc1cc3cc(OCc4c(Cl)cccc4Cl)ccc3[nH]1)OCO2. The molecule has 1 atom stereocenters. The van der Waals surface area contributed by atoms with Crippen LogP contribution in [-0.2, 0) is 22.6 Å². The van der Waals surface area contributed by atoms with E-state index in [1.807, 2.05) is 30.3 Å². The second-order valence-electron chi connectivity index (χ2n) is 9.70. The number of carbonyl (C=O) groups is 2. The number of fused-ring (bicyclic) bond motifs is 2. The fourth-order valence-corrected chi connectivity index (χ4v) is 4.85. The van der Waals surface area contributed by atoms with Crippen molar-refractivity contribution in [3.8, 4) is 17.2 Å². The van der Waals surface area contributed by atoms with Crippen LogP contribution in [0.2, 0.25) is 15.1 Å². The highest BCUT2D eigenvalue weighted by molar-refractivity contribution is 6.36. The Morgan fingerprint density at radius 3 is 2.27 bits per heavy atom. The molecule has 0 unspecified atom stereocenters. The van der Waals surface area contributed by atoms with Gasteiger partial charge in [-0.3, -0.25) is 4.79 Å². The lowest BCUT2D eigenvalue weighted by Gasteiger charge is -2.24. The summed E-state index contributed by atoms with van der Waals surface area (Å²) in [4.78, 5) is 24.5. The number of nitrogens with one attached hydrogen (secondary N) is 1. The third-order valence-electron chi connectivity index (χ3n) is 6.69. The molecule has 0 bridgehead atoms. The largest absolute Gasteiger partial charge is 0.489 e. The second-order valence-corrected chi connectivity index (χ2v) is 10.9. The first-order valence-electron chi connectivity index (χ1n) is 12.5. The highest BCUT2D eigenvalue weighted by Gasteiger charge is 2.43. The van der Waals surface area contributed by atoms with E-state index in [0.29, 0.717) is 33.8 Å². The van der Waals surface area contributed by atoms with Gasteiger partial charge in [0, 0.05) is 49.7 Å². The Bertz CT molecular complexity index is 1570. The maximum Gasteiger partial charge on any atom is 0.333 e. The third kappa shape index (κ3) is 6.65. The molecule has 2 heterocycles. The van der Waals surface area contributed by atoms with E-state index in [1.165, 1.54) is 13.8 Å². The zero-order valence-corrected chi connectivity index (χ0v) is 24.4. The van der Waals surface area contributed by atoms with Crippen molar-refractivity contribution in [1.82, 2.24) is 4.98 Å². The normalized spacial score (nSPS) is 13.4. The number of carboxylic acid groups (broad SMARTS) is 1. The minimum absolute atomic E-state index is 0.226. The molecule has 1 aromatic heterocycles. The highest BCUT2D eigenvalue weighted by atomic mass is 35.5. The lowest BCUT2D eigenvalue weighted by Crippen LogP contribution is -2.61. The van der Waals surface area contributed by atoms with Gasteiger partial charge >= 0.3 is 5.97 Å². The number of hydrogen-bond donors (Lipinski definition) is 4. The van der Waals surface area contributed by atoms with Crippen LogP contribution >= 0.6 is 34.8 Å². The van der Waals surface area contributed by atoms with E-state index in [0.717, 1.165) is 39.2 Å². The van der Waals surface area contributed by atoms with Crippen molar-refractivity contribution >= 4 is 57.6 Å². The van der Waals surface area contributed by atoms with Crippen LogP contribution < -0.4 is 25.7 Å². The first-order chi connectivity index (χ1) is 19.4. The molecule has 6 N–H and O–H groups in total. The van der Waals surface area contributed by atoms with E-state index >= 15 is 0 Å². The Morgan fingerprint density at radius 2 is 1.68 bits per heavy atom. The van der Waals surface area contributed by atoms with Crippen molar-refractivity contribution in [2.24, 2.45) is 17.4 Å². The summed E-state index contributed by atoms with van der Waals surface area (Å²) in [6.45, 7) is 3.58. The predicted molar refractivity (Wildman–Crippen MR) is 158 cm³/mol. The number of aliphatic carboxylic acids is 1. The van der Waals surface area contributed by atoms with Gasteiger partial charge in [-0.25, -0.2) is 4.79 Å². The highest BCUT2D eigenvalue weighted by Crippen LogP contribution is 2.38. The Balaban J connectivity index is 0.000000301. The number of nitrogens with two attached hydrogens (primary N) is 2. The number of aromatic amines is 1. The van der Waals surface area contributed by atoms with Gasteiger partial charge in [0.2, 0.25) is 12.7 Å². The summed E-state index contributed by atoms with van der Waals surface area (Å²) in [5.41, 5.74) is 11.9. The van der Waals surface area contributed by atoms with Gasteiger partial charge in [-0.15, -0.1) is 0 Å². The molecular weight excluding hydrogens is 593 g/mol. The number of primary amides is 1. The zero-order chi connectivity index (χ0) is 29.9. The van der Waals surface area contributed by atoms with Crippen molar-refractivity contribution < 1.29 is 28.9 Å². The number of benzene rings is 3. The number of rotatable bonds is 8. The van der Waals surface area contributed by atoms with E-state index in [2.05, 4.69) is 11.1 Å². The van der Waals surface area contributed by atoms with Gasteiger partial charge in [0.1, 0.15) is 12.4 Å². The van der Waals surface area contributed by atoms with Crippen LogP contribution in [0.1, 0.15) is 30.7 Å². The maximum absolute atomic E-state index is 10.6. The van der Waals surface area contributed by atoms with Gasteiger partial charge in [-0.1, -0.05) is 54.7 Å². The molecule has 1 amide bonds. The number of ether oxygens (including phenoxy) is 3. The molecule has 0 aliphatic carbocycles. The fraction of sp³-hybridized carbons (Fsp3) is 0.241.